The summed E-state index contributed by atoms with van der Waals surface area (Å²) < 4.78 is 2.30. The molecule has 180 valence electrons. The van der Waals surface area contributed by atoms with Crippen LogP contribution in [0.4, 0.5) is 0 Å². The van der Waals surface area contributed by atoms with E-state index in [1.54, 1.807) is 0 Å². The first kappa shape index (κ1) is 22.4. The normalized spacial score (nSPS) is 11.3. The molecule has 0 saturated heterocycles. The molecule has 0 spiro atoms. The molecule has 2 heterocycles. The Morgan fingerprint density at radius 3 is 1.58 bits per heavy atom. The number of halogens is 1. The van der Waals surface area contributed by atoms with Crippen molar-refractivity contribution >= 4 is 33.4 Å². The van der Waals surface area contributed by atoms with Crippen molar-refractivity contribution < 1.29 is 0 Å². The summed E-state index contributed by atoms with van der Waals surface area (Å²) in [6, 6.07) is 43.0. The lowest BCUT2D eigenvalue weighted by molar-refractivity contribution is 1.07. The predicted molar refractivity (Wildman–Crippen MR) is 155 cm³/mol. The number of rotatable bonds is 4. The van der Waals surface area contributed by atoms with Gasteiger partial charge in [-0.2, -0.15) is 0 Å². The monoisotopic (exact) mass is 508 g/mol. The van der Waals surface area contributed by atoms with Gasteiger partial charge in [0.25, 0.3) is 0 Å². The molecule has 38 heavy (non-hydrogen) atoms. The van der Waals surface area contributed by atoms with Gasteiger partial charge >= 0.3 is 0 Å². The zero-order chi connectivity index (χ0) is 25.5. The molecule has 4 nitrogen and oxygen atoms in total. The third-order valence-corrected chi connectivity index (χ3v) is 6.96. The second-order valence-corrected chi connectivity index (χ2v) is 9.54. The minimum atomic E-state index is 0.604. The summed E-state index contributed by atoms with van der Waals surface area (Å²) >= 11 is 6.15. The molecule has 0 radical (unpaired) electrons. The molecule has 5 aromatic carbocycles. The second kappa shape index (κ2) is 9.25. The Balaban J connectivity index is 1.43. The van der Waals surface area contributed by atoms with Gasteiger partial charge in [0.15, 0.2) is 17.5 Å². The molecule has 0 atom stereocenters. The van der Waals surface area contributed by atoms with E-state index in [-0.39, 0.29) is 0 Å². The molecule has 0 aliphatic rings. The Labute approximate surface area is 224 Å². The van der Waals surface area contributed by atoms with Crippen LogP contribution in [0.15, 0.2) is 127 Å². The average molecular weight is 509 g/mol. The standard InChI is InChI=1S/C33H21ClN4/c34-25-19-17-23(18-20-25)32-35-31(22-9-2-1-3-10-22)36-33(37-32)24-11-8-12-26(21-24)38-29-15-6-4-13-27(29)28-14-5-7-16-30(28)38/h1-21H. The van der Waals surface area contributed by atoms with Gasteiger partial charge in [-0.15, -0.1) is 0 Å². The summed E-state index contributed by atoms with van der Waals surface area (Å²) in [6.07, 6.45) is 0. The number of hydrogen-bond acceptors (Lipinski definition) is 3. The van der Waals surface area contributed by atoms with Crippen molar-refractivity contribution in [3.63, 3.8) is 0 Å². The lowest BCUT2D eigenvalue weighted by Crippen LogP contribution is -2.01. The van der Waals surface area contributed by atoms with Crippen LogP contribution in [-0.2, 0) is 0 Å². The van der Waals surface area contributed by atoms with E-state index >= 15 is 0 Å². The Kier molecular flexibility index (Phi) is 5.46. The highest BCUT2D eigenvalue weighted by Crippen LogP contribution is 2.33. The Bertz CT molecular complexity index is 1870. The topological polar surface area (TPSA) is 43.6 Å². The molecular weight excluding hydrogens is 488 g/mol. The Hall–Kier alpha value is -4.80. The van der Waals surface area contributed by atoms with Crippen molar-refractivity contribution in [2.45, 2.75) is 0 Å². The minimum Gasteiger partial charge on any atom is -0.309 e. The molecule has 7 aromatic rings. The summed E-state index contributed by atoms with van der Waals surface area (Å²) in [7, 11) is 0. The van der Waals surface area contributed by atoms with Gasteiger partial charge in [0.05, 0.1) is 11.0 Å². The van der Waals surface area contributed by atoms with E-state index in [0.29, 0.717) is 22.5 Å². The maximum atomic E-state index is 6.15. The molecule has 0 aliphatic carbocycles. The minimum absolute atomic E-state index is 0.604. The van der Waals surface area contributed by atoms with Gasteiger partial charge in [-0.05, 0) is 48.5 Å². The summed E-state index contributed by atoms with van der Waals surface area (Å²) in [6.45, 7) is 0. The summed E-state index contributed by atoms with van der Waals surface area (Å²) in [5.74, 6) is 1.85. The maximum absolute atomic E-state index is 6.15. The van der Waals surface area contributed by atoms with Gasteiger partial charge in [-0.1, -0.05) is 90.5 Å². The van der Waals surface area contributed by atoms with Crippen molar-refractivity contribution in [1.82, 2.24) is 19.5 Å². The molecule has 0 amide bonds. The first-order chi connectivity index (χ1) is 18.7. The van der Waals surface area contributed by atoms with Gasteiger partial charge in [0.1, 0.15) is 0 Å². The van der Waals surface area contributed by atoms with Crippen LogP contribution in [0.1, 0.15) is 0 Å². The van der Waals surface area contributed by atoms with E-state index in [2.05, 4.69) is 71.3 Å². The smallest absolute Gasteiger partial charge is 0.164 e. The van der Waals surface area contributed by atoms with E-state index in [1.165, 1.54) is 10.8 Å². The lowest BCUT2D eigenvalue weighted by atomic mass is 10.1. The Morgan fingerprint density at radius 2 is 0.947 bits per heavy atom. The van der Waals surface area contributed by atoms with Crippen LogP contribution in [0.2, 0.25) is 5.02 Å². The number of para-hydroxylation sites is 2. The van der Waals surface area contributed by atoms with Gasteiger partial charge in [-0.3, -0.25) is 0 Å². The maximum Gasteiger partial charge on any atom is 0.164 e. The molecule has 7 rings (SSSR count). The molecule has 2 aromatic heterocycles. The largest absolute Gasteiger partial charge is 0.309 e. The molecule has 0 N–H and O–H groups in total. The number of aromatic nitrogens is 4. The highest BCUT2D eigenvalue weighted by atomic mass is 35.5. The van der Waals surface area contributed by atoms with Crippen LogP contribution in [0.3, 0.4) is 0 Å². The fraction of sp³-hybridized carbons (Fsp3) is 0. The van der Waals surface area contributed by atoms with Crippen LogP contribution in [0.25, 0.3) is 61.7 Å². The third kappa shape index (κ3) is 3.92. The van der Waals surface area contributed by atoms with Crippen LogP contribution in [0, 0.1) is 0 Å². The highest BCUT2D eigenvalue weighted by molar-refractivity contribution is 6.30. The van der Waals surface area contributed by atoms with E-state index < -0.39 is 0 Å². The number of benzene rings is 5. The van der Waals surface area contributed by atoms with E-state index in [9.17, 15) is 0 Å². The van der Waals surface area contributed by atoms with Crippen molar-refractivity contribution in [2.24, 2.45) is 0 Å². The molecule has 0 unspecified atom stereocenters. The first-order valence-electron chi connectivity index (χ1n) is 12.4. The third-order valence-electron chi connectivity index (χ3n) is 6.71. The Morgan fingerprint density at radius 1 is 0.447 bits per heavy atom. The number of nitrogens with zero attached hydrogens (tertiary/aromatic N) is 4. The summed E-state index contributed by atoms with van der Waals surface area (Å²) in [5.41, 5.74) is 6.11. The van der Waals surface area contributed by atoms with Crippen LogP contribution >= 0.6 is 11.6 Å². The molecule has 0 saturated carbocycles. The molecule has 0 aliphatic heterocycles. The highest BCUT2D eigenvalue weighted by Gasteiger charge is 2.15. The molecule has 0 fully saturated rings. The van der Waals surface area contributed by atoms with Crippen LogP contribution in [0.5, 0.6) is 0 Å². The van der Waals surface area contributed by atoms with Crippen molar-refractivity contribution in [1.29, 1.82) is 0 Å². The fourth-order valence-corrected chi connectivity index (χ4v) is 5.06. The van der Waals surface area contributed by atoms with Crippen LogP contribution < -0.4 is 0 Å². The van der Waals surface area contributed by atoms with E-state index in [4.69, 9.17) is 26.6 Å². The lowest BCUT2D eigenvalue weighted by Gasteiger charge is -2.11. The van der Waals surface area contributed by atoms with Crippen molar-refractivity contribution in [3.8, 4) is 39.9 Å². The quantitative estimate of drug-likeness (QED) is 0.239. The zero-order valence-electron chi connectivity index (χ0n) is 20.3. The van der Waals surface area contributed by atoms with Crippen LogP contribution in [-0.4, -0.2) is 19.5 Å². The molecule has 5 heteroatoms. The fourth-order valence-electron chi connectivity index (χ4n) is 4.93. The number of fused-ring (bicyclic) bond motifs is 3. The zero-order valence-corrected chi connectivity index (χ0v) is 21.0. The molecule has 0 bridgehead atoms. The van der Waals surface area contributed by atoms with Gasteiger partial charge in [0, 0.05) is 38.2 Å². The van der Waals surface area contributed by atoms with E-state index in [1.807, 2.05) is 60.7 Å². The summed E-state index contributed by atoms with van der Waals surface area (Å²) in [4.78, 5) is 14.6. The van der Waals surface area contributed by atoms with Gasteiger partial charge < -0.3 is 4.57 Å². The van der Waals surface area contributed by atoms with Crippen molar-refractivity contribution in [2.75, 3.05) is 0 Å². The predicted octanol–water partition coefficient (Wildman–Crippen LogP) is 8.62. The van der Waals surface area contributed by atoms with Gasteiger partial charge in [0.2, 0.25) is 0 Å². The SMILES string of the molecule is Clc1ccc(-c2nc(-c3ccccc3)nc(-c3cccc(-n4c5ccccc5c5ccccc54)c3)n2)cc1. The van der Waals surface area contributed by atoms with Crippen molar-refractivity contribution in [3.05, 3.63) is 132 Å². The van der Waals surface area contributed by atoms with E-state index in [0.717, 1.165) is 33.4 Å². The molecular formula is C33H21ClN4. The first-order valence-corrected chi connectivity index (χ1v) is 12.8. The average Bonchev–Trinajstić information content (AvgIpc) is 3.32. The number of hydrogen-bond donors (Lipinski definition) is 0. The second-order valence-electron chi connectivity index (χ2n) is 9.10. The van der Waals surface area contributed by atoms with Gasteiger partial charge in [-0.25, -0.2) is 15.0 Å². The summed E-state index contributed by atoms with van der Waals surface area (Å²) in [5, 5.41) is 3.13.